The summed E-state index contributed by atoms with van der Waals surface area (Å²) in [6.07, 6.45) is 7.43. The molecule has 2 amide bonds. The van der Waals surface area contributed by atoms with Crippen LogP contribution in [0.1, 0.15) is 51.4 Å². The number of hydrogen-bond acceptors (Lipinski definition) is 5. The van der Waals surface area contributed by atoms with Crippen molar-refractivity contribution in [3.63, 3.8) is 0 Å². The molecular formula is C17H29N3O4. The summed E-state index contributed by atoms with van der Waals surface area (Å²) in [6, 6.07) is -1.45. The zero-order valence-electron chi connectivity index (χ0n) is 14.4. The van der Waals surface area contributed by atoms with Gasteiger partial charge in [0.2, 0.25) is 11.8 Å². The Balaban J connectivity index is 1.88. The minimum absolute atomic E-state index is 0.0790. The van der Waals surface area contributed by atoms with Crippen LogP contribution in [-0.4, -0.2) is 43.5 Å². The molecule has 0 radical (unpaired) electrons. The van der Waals surface area contributed by atoms with Crippen molar-refractivity contribution in [1.29, 1.82) is 0 Å². The van der Waals surface area contributed by atoms with Crippen molar-refractivity contribution in [2.24, 2.45) is 17.6 Å². The smallest absolute Gasteiger partial charge is 0.328 e. The number of esters is 1. The zero-order valence-corrected chi connectivity index (χ0v) is 14.4. The van der Waals surface area contributed by atoms with Gasteiger partial charge in [-0.05, 0) is 25.2 Å². The normalized spacial score (nSPS) is 24.1. The molecule has 0 spiro atoms. The summed E-state index contributed by atoms with van der Waals surface area (Å²) in [5.74, 6) is -0.743. The number of nitrogens with two attached hydrogens (primary N) is 1. The monoisotopic (exact) mass is 339 g/mol. The molecule has 2 rings (SSSR count). The summed E-state index contributed by atoms with van der Waals surface area (Å²) >= 11 is 0. The number of hydrogen-bond donors (Lipinski definition) is 3. The standard InChI is InChI=1S/C17H29N3O4/c1-24-17(23)14(10-12-7-8-19-15(12)21)20-16(22)13(18)9-11-5-3-2-4-6-11/h11-14H,2-10,18H2,1H3,(H,19,21)(H,20,22)/t12-,13?,14?/m0/s1. The Morgan fingerprint density at radius 3 is 2.54 bits per heavy atom. The second-order valence-corrected chi connectivity index (χ2v) is 6.94. The fourth-order valence-electron chi connectivity index (χ4n) is 3.68. The fourth-order valence-corrected chi connectivity index (χ4v) is 3.68. The lowest BCUT2D eigenvalue weighted by Crippen LogP contribution is -2.50. The molecule has 136 valence electrons. The van der Waals surface area contributed by atoms with Crippen molar-refractivity contribution < 1.29 is 19.1 Å². The van der Waals surface area contributed by atoms with E-state index in [0.29, 0.717) is 25.3 Å². The highest BCUT2D eigenvalue weighted by Gasteiger charge is 2.33. The minimum atomic E-state index is -0.825. The molecule has 1 aliphatic heterocycles. The van der Waals surface area contributed by atoms with Crippen molar-refractivity contribution in [2.45, 2.75) is 63.5 Å². The number of methoxy groups -OCH3 is 1. The summed E-state index contributed by atoms with van der Waals surface area (Å²) in [7, 11) is 1.28. The largest absolute Gasteiger partial charge is 0.467 e. The first-order valence-corrected chi connectivity index (χ1v) is 8.92. The van der Waals surface area contributed by atoms with Gasteiger partial charge in [-0.15, -0.1) is 0 Å². The van der Waals surface area contributed by atoms with E-state index in [4.69, 9.17) is 10.5 Å². The third-order valence-corrected chi connectivity index (χ3v) is 5.13. The average Bonchev–Trinajstić information content (AvgIpc) is 2.99. The summed E-state index contributed by atoms with van der Waals surface area (Å²) in [6.45, 7) is 0.604. The molecule has 4 N–H and O–H groups in total. The van der Waals surface area contributed by atoms with E-state index in [0.717, 1.165) is 12.8 Å². The zero-order chi connectivity index (χ0) is 17.5. The van der Waals surface area contributed by atoms with Gasteiger partial charge >= 0.3 is 5.97 Å². The van der Waals surface area contributed by atoms with E-state index in [1.807, 2.05) is 0 Å². The van der Waals surface area contributed by atoms with Crippen LogP contribution < -0.4 is 16.4 Å². The van der Waals surface area contributed by atoms with Crippen LogP contribution in [0.25, 0.3) is 0 Å². The maximum Gasteiger partial charge on any atom is 0.328 e. The van der Waals surface area contributed by atoms with Crippen LogP contribution in [0.3, 0.4) is 0 Å². The molecule has 7 heteroatoms. The van der Waals surface area contributed by atoms with Crippen LogP contribution in [0.2, 0.25) is 0 Å². The molecule has 7 nitrogen and oxygen atoms in total. The van der Waals surface area contributed by atoms with Crippen LogP contribution in [0.4, 0.5) is 0 Å². The van der Waals surface area contributed by atoms with E-state index in [1.165, 1.54) is 26.4 Å². The molecule has 2 aliphatic rings. The van der Waals surface area contributed by atoms with Gasteiger partial charge in [0, 0.05) is 12.5 Å². The van der Waals surface area contributed by atoms with Gasteiger partial charge in [0.1, 0.15) is 6.04 Å². The van der Waals surface area contributed by atoms with E-state index >= 15 is 0 Å². The summed E-state index contributed by atoms with van der Waals surface area (Å²) in [5.41, 5.74) is 6.03. The quantitative estimate of drug-likeness (QED) is 0.584. The van der Waals surface area contributed by atoms with Crippen LogP contribution in [0, 0.1) is 11.8 Å². The lowest BCUT2D eigenvalue weighted by Gasteiger charge is -2.25. The number of amides is 2. The summed E-state index contributed by atoms with van der Waals surface area (Å²) in [4.78, 5) is 36.0. The topological polar surface area (TPSA) is 111 Å². The Morgan fingerprint density at radius 1 is 1.25 bits per heavy atom. The Bertz CT molecular complexity index is 463. The molecular weight excluding hydrogens is 310 g/mol. The van der Waals surface area contributed by atoms with Crippen LogP contribution >= 0.6 is 0 Å². The Morgan fingerprint density at radius 2 is 1.96 bits per heavy atom. The molecule has 2 fully saturated rings. The molecule has 0 aromatic heterocycles. The predicted molar refractivity (Wildman–Crippen MR) is 88.8 cm³/mol. The van der Waals surface area contributed by atoms with Crippen LogP contribution in [-0.2, 0) is 19.1 Å². The maximum atomic E-state index is 12.4. The predicted octanol–water partition coefficient (Wildman–Crippen LogP) is 0.468. The molecule has 1 saturated heterocycles. The molecule has 2 unspecified atom stereocenters. The minimum Gasteiger partial charge on any atom is -0.467 e. The van der Waals surface area contributed by atoms with Crippen LogP contribution in [0.5, 0.6) is 0 Å². The Labute approximate surface area is 143 Å². The Hall–Kier alpha value is -1.63. The van der Waals surface area contributed by atoms with Gasteiger partial charge < -0.3 is 21.1 Å². The van der Waals surface area contributed by atoms with E-state index in [9.17, 15) is 14.4 Å². The van der Waals surface area contributed by atoms with Gasteiger partial charge in [-0.1, -0.05) is 32.1 Å². The fraction of sp³-hybridized carbons (Fsp3) is 0.824. The maximum absolute atomic E-state index is 12.4. The van der Waals surface area contributed by atoms with Gasteiger partial charge in [0.05, 0.1) is 13.2 Å². The highest BCUT2D eigenvalue weighted by Crippen LogP contribution is 2.27. The molecule has 1 saturated carbocycles. The van der Waals surface area contributed by atoms with E-state index in [-0.39, 0.29) is 24.2 Å². The van der Waals surface area contributed by atoms with Crippen molar-refractivity contribution in [2.75, 3.05) is 13.7 Å². The number of nitrogens with one attached hydrogen (secondary N) is 2. The molecule has 3 atom stereocenters. The van der Waals surface area contributed by atoms with Gasteiger partial charge in [0.15, 0.2) is 0 Å². The van der Waals surface area contributed by atoms with Gasteiger partial charge in [-0.25, -0.2) is 4.79 Å². The lowest BCUT2D eigenvalue weighted by molar-refractivity contribution is -0.146. The molecule has 0 aromatic rings. The SMILES string of the molecule is COC(=O)C(C[C@@H]1CCNC1=O)NC(=O)C(N)CC1CCCCC1. The second-order valence-electron chi connectivity index (χ2n) is 6.94. The van der Waals surface area contributed by atoms with Crippen molar-refractivity contribution in [1.82, 2.24) is 10.6 Å². The average molecular weight is 339 g/mol. The van der Waals surface area contributed by atoms with Gasteiger partial charge in [-0.3, -0.25) is 9.59 Å². The van der Waals surface area contributed by atoms with Crippen LogP contribution in [0.15, 0.2) is 0 Å². The number of carbonyl (C=O) groups excluding carboxylic acids is 3. The number of ether oxygens (including phenoxy) is 1. The van der Waals surface area contributed by atoms with Gasteiger partial charge in [-0.2, -0.15) is 0 Å². The number of rotatable bonds is 7. The Kier molecular flexibility index (Phi) is 7.02. The van der Waals surface area contributed by atoms with E-state index in [1.54, 1.807) is 0 Å². The second kappa shape index (κ2) is 9.01. The molecule has 0 aromatic carbocycles. The lowest BCUT2D eigenvalue weighted by atomic mass is 9.85. The molecule has 1 aliphatic carbocycles. The number of carbonyl (C=O) groups is 3. The van der Waals surface area contributed by atoms with Crippen molar-refractivity contribution in [3.8, 4) is 0 Å². The summed E-state index contributed by atoms with van der Waals surface area (Å²) < 4.78 is 4.76. The first-order valence-electron chi connectivity index (χ1n) is 8.92. The molecule has 0 bridgehead atoms. The van der Waals surface area contributed by atoms with Crippen molar-refractivity contribution in [3.05, 3.63) is 0 Å². The van der Waals surface area contributed by atoms with E-state index in [2.05, 4.69) is 10.6 Å². The van der Waals surface area contributed by atoms with E-state index < -0.39 is 18.1 Å². The first kappa shape index (κ1) is 18.7. The molecule has 1 heterocycles. The van der Waals surface area contributed by atoms with Crippen molar-refractivity contribution >= 4 is 17.8 Å². The third kappa shape index (κ3) is 5.19. The third-order valence-electron chi connectivity index (χ3n) is 5.13. The summed E-state index contributed by atoms with van der Waals surface area (Å²) in [5, 5.41) is 5.42. The molecule has 24 heavy (non-hydrogen) atoms. The van der Waals surface area contributed by atoms with Gasteiger partial charge in [0.25, 0.3) is 0 Å². The first-order chi connectivity index (χ1) is 11.5. The highest BCUT2D eigenvalue weighted by atomic mass is 16.5. The highest BCUT2D eigenvalue weighted by molar-refractivity contribution is 5.88.